The Labute approximate surface area is 99.5 Å². The zero-order valence-corrected chi connectivity index (χ0v) is 10.6. The maximum atomic E-state index is 5.72. The highest BCUT2D eigenvalue weighted by atomic mass is 15.1. The Morgan fingerprint density at radius 2 is 1.81 bits per heavy atom. The first-order valence-electron chi connectivity index (χ1n) is 6.23. The summed E-state index contributed by atoms with van der Waals surface area (Å²) in [6.45, 7) is 5.20. The van der Waals surface area contributed by atoms with Crippen molar-refractivity contribution >= 4 is 0 Å². The SMILES string of the molecule is CCCCN(C)CCc1ccccc1CN. The first-order valence-corrected chi connectivity index (χ1v) is 6.23. The second-order valence-electron chi connectivity index (χ2n) is 4.38. The third-order valence-electron chi connectivity index (χ3n) is 2.99. The molecule has 0 aliphatic carbocycles. The molecule has 1 rings (SSSR count). The molecule has 2 heteroatoms. The van der Waals surface area contributed by atoms with Crippen LogP contribution in [0, 0.1) is 0 Å². The summed E-state index contributed by atoms with van der Waals surface area (Å²) in [5, 5.41) is 0. The van der Waals surface area contributed by atoms with Crippen molar-refractivity contribution < 1.29 is 0 Å². The largest absolute Gasteiger partial charge is 0.326 e. The summed E-state index contributed by atoms with van der Waals surface area (Å²) in [7, 11) is 2.20. The summed E-state index contributed by atoms with van der Waals surface area (Å²) in [6.07, 6.45) is 3.66. The van der Waals surface area contributed by atoms with Gasteiger partial charge in [-0.05, 0) is 37.6 Å². The second kappa shape index (κ2) is 7.42. The standard InChI is InChI=1S/C14H24N2/c1-3-4-10-16(2)11-9-13-7-5-6-8-14(13)12-15/h5-8H,3-4,9-12,15H2,1-2H3. The van der Waals surface area contributed by atoms with Gasteiger partial charge in [0.15, 0.2) is 0 Å². The van der Waals surface area contributed by atoms with E-state index < -0.39 is 0 Å². The van der Waals surface area contributed by atoms with Crippen molar-refractivity contribution in [3.63, 3.8) is 0 Å². The molecule has 0 atom stereocenters. The average molecular weight is 220 g/mol. The number of benzene rings is 1. The fourth-order valence-corrected chi connectivity index (χ4v) is 1.85. The Morgan fingerprint density at radius 3 is 2.44 bits per heavy atom. The molecule has 0 spiro atoms. The molecule has 90 valence electrons. The van der Waals surface area contributed by atoms with Crippen LogP contribution in [-0.2, 0) is 13.0 Å². The van der Waals surface area contributed by atoms with E-state index in [2.05, 4.69) is 43.1 Å². The normalized spacial score (nSPS) is 11.0. The Kier molecular flexibility index (Phi) is 6.12. The summed E-state index contributed by atoms with van der Waals surface area (Å²) in [6, 6.07) is 8.48. The molecule has 0 aliphatic rings. The highest BCUT2D eigenvalue weighted by Gasteiger charge is 2.02. The van der Waals surface area contributed by atoms with Crippen molar-refractivity contribution in [2.24, 2.45) is 5.73 Å². The zero-order chi connectivity index (χ0) is 11.8. The summed E-state index contributed by atoms with van der Waals surface area (Å²) >= 11 is 0. The van der Waals surface area contributed by atoms with Crippen LogP contribution < -0.4 is 5.73 Å². The molecular formula is C14H24N2. The third-order valence-corrected chi connectivity index (χ3v) is 2.99. The monoisotopic (exact) mass is 220 g/mol. The Morgan fingerprint density at radius 1 is 1.12 bits per heavy atom. The van der Waals surface area contributed by atoms with E-state index in [-0.39, 0.29) is 0 Å². The number of hydrogen-bond donors (Lipinski definition) is 1. The predicted octanol–water partition coefficient (Wildman–Crippen LogP) is 2.42. The molecule has 0 aliphatic heterocycles. The molecule has 0 saturated carbocycles. The molecule has 0 aromatic heterocycles. The summed E-state index contributed by atoms with van der Waals surface area (Å²) in [4.78, 5) is 2.40. The van der Waals surface area contributed by atoms with Crippen molar-refractivity contribution in [3.8, 4) is 0 Å². The van der Waals surface area contributed by atoms with Crippen LogP contribution in [0.4, 0.5) is 0 Å². The molecule has 0 amide bonds. The number of nitrogens with two attached hydrogens (primary N) is 1. The summed E-state index contributed by atoms with van der Waals surface area (Å²) < 4.78 is 0. The van der Waals surface area contributed by atoms with Crippen LogP contribution in [0.3, 0.4) is 0 Å². The van der Waals surface area contributed by atoms with Crippen LogP contribution in [0.1, 0.15) is 30.9 Å². The highest BCUT2D eigenvalue weighted by molar-refractivity contribution is 5.27. The number of rotatable bonds is 7. The van der Waals surface area contributed by atoms with Gasteiger partial charge in [0.1, 0.15) is 0 Å². The van der Waals surface area contributed by atoms with E-state index in [1.165, 1.54) is 30.5 Å². The van der Waals surface area contributed by atoms with Gasteiger partial charge in [-0.2, -0.15) is 0 Å². The first-order chi connectivity index (χ1) is 7.77. The van der Waals surface area contributed by atoms with Crippen LogP contribution in [0.15, 0.2) is 24.3 Å². The van der Waals surface area contributed by atoms with Crippen molar-refractivity contribution in [3.05, 3.63) is 35.4 Å². The molecule has 1 aromatic carbocycles. The topological polar surface area (TPSA) is 29.3 Å². The minimum absolute atomic E-state index is 0.648. The highest BCUT2D eigenvalue weighted by Crippen LogP contribution is 2.09. The quantitative estimate of drug-likeness (QED) is 0.764. The fraction of sp³-hybridized carbons (Fsp3) is 0.571. The molecule has 1 aromatic rings. The second-order valence-corrected chi connectivity index (χ2v) is 4.38. The maximum absolute atomic E-state index is 5.72. The molecule has 16 heavy (non-hydrogen) atoms. The molecule has 0 unspecified atom stereocenters. The van der Waals surface area contributed by atoms with Gasteiger partial charge in [0.25, 0.3) is 0 Å². The Bertz CT molecular complexity index is 297. The van der Waals surface area contributed by atoms with Gasteiger partial charge in [-0.1, -0.05) is 37.6 Å². The van der Waals surface area contributed by atoms with Gasteiger partial charge in [0, 0.05) is 13.1 Å². The van der Waals surface area contributed by atoms with Crippen LogP contribution in [-0.4, -0.2) is 25.0 Å². The molecule has 2 N–H and O–H groups in total. The predicted molar refractivity (Wildman–Crippen MR) is 70.4 cm³/mol. The molecule has 2 nitrogen and oxygen atoms in total. The number of unbranched alkanes of at least 4 members (excludes halogenated alkanes) is 1. The van der Waals surface area contributed by atoms with Crippen molar-refractivity contribution in [2.45, 2.75) is 32.7 Å². The van der Waals surface area contributed by atoms with E-state index in [4.69, 9.17) is 5.73 Å². The fourth-order valence-electron chi connectivity index (χ4n) is 1.85. The van der Waals surface area contributed by atoms with Crippen molar-refractivity contribution in [2.75, 3.05) is 20.1 Å². The molecule has 0 radical (unpaired) electrons. The first kappa shape index (κ1) is 13.2. The van der Waals surface area contributed by atoms with Crippen LogP contribution >= 0.6 is 0 Å². The van der Waals surface area contributed by atoms with E-state index in [0.717, 1.165) is 13.0 Å². The van der Waals surface area contributed by atoms with Gasteiger partial charge in [0.05, 0.1) is 0 Å². The molecule has 0 heterocycles. The van der Waals surface area contributed by atoms with Crippen LogP contribution in [0.5, 0.6) is 0 Å². The van der Waals surface area contributed by atoms with E-state index in [1.54, 1.807) is 0 Å². The molecular weight excluding hydrogens is 196 g/mol. The minimum atomic E-state index is 0.648. The minimum Gasteiger partial charge on any atom is -0.326 e. The zero-order valence-electron chi connectivity index (χ0n) is 10.6. The van der Waals surface area contributed by atoms with E-state index in [9.17, 15) is 0 Å². The average Bonchev–Trinajstić information content (AvgIpc) is 2.34. The lowest BCUT2D eigenvalue weighted by molar-refractivity contribution is 0.332. The lowest BCUT2D eigenvalue weighted by atomic mass is 10.0. The van der Waals surface area contributed by atoms with Gasteiger partial charge in [-0.3, -0.25) is 0 Å². The van der Waals surface area contributed by atoms with Gasteiger partial charge >= 0.3 is 0 Å². The van der Waals surface area contributed by atoms with Crippen molar-refractivity contribution in [1.82, 2.24) is 4.90 Å². The van der Waals surface area contributed by atoms with E-state index >= 15 is 0 Å². The van der Waals surface area contributed by atoms with Gasteiger partial charge in [-0.25, -0.2) is 0 Å². The summed E-state index contributed by atoms with van der Waals surface area (Å²) in [5.74, 6) is 0. The molecule has 0 saturated heterocycles. The van der Waals surface area contributed by atoms with Crippen LogP contribution in [0.2, 0.25) is 0 Å². The molecule has 0 fully saturated rings. The Balaban J connectivity index is 2.41. The number of nitrogens with zero attached hydrogens (tertiary/aromatic N) is 1. The van der Waals surface area contributed by atoms with E-state index in [1.807, 2.05) is 0 Å². The summed E-state index contributed by atoms with van der Waals surface area (Å²) in [5.41, 5.74) is 8.40. The van der Waals surface area contributed by atoms with Gasteiger partial charge < -0.3 is 10.6 Å². The Hall–Kier alpha value is -0.860. The van der Waals surface area contributed by atoms with Gasteiger partial charge in [-0.15, -0.1) is 0 Å². The lowest BCUT2D eigenvalue weighted by Gasteiger charge is -2.17. The van der Waals surface area contributed by atoms with E-state index in [0.29, 0.717) is 6.54 Å². The van der Waals surface area contributed by atoms with Gasteiger partial charge in [0.2, 0.25) is 0 Å². The maximum Gasteiger partial charge on any atom is 0.0180 e. The number of likely N-dealkylation sites (N-methyl/N-ethyl adjacent to an activating group) is 1. The lowest BCUT2D eigenvalue weighted by Crippen LogP contribution is -2.22. The van der Waals surface area contributed by atoms with Crippen LogP contribution in [0.25, 0.3) is 0 Å². The smallest absolute Gasteiger partial charge is 0.0180 e. The molecule has 0 bridgehead atoms. The van der Waals surface area contributed by atoms with Crippen molar-refractivity contribution in [1.29, 1.82) is 0 Å². The number of hydrogen-bond acceptors (Lipinski definition) is 2. The third kappa shape index (κ3) is 4.33.